The number of nitrogens with one attached hydrogen (secondary N) is 1. The molecule has 3 nitrogen and oxygen atoms in total. The van der Waals surface area contributed by atoms with E-state index < -0.39 is 0 Å². The highest BCUT2D eigenvalue weighted by Crippen LogP contribution is 2.03. The fraction of sp³-hybridized carbons (Fsp3) is 0.700. The zero-order chi connectivity index (χ0) is 9.84. The number of likely N-dealkylation sites (N-methyl/N-ethyl adjacent to an activating group) is 1. The highest BCUT2D eigenvalue weighted by molar-refractivity contribution is 5.87. The third-order valence-corrected chi connectivity index (χ3v) is 2.46. The molecule has 0 aromatic carbocycles. The van der Waals surface area contributed by atoms with Crippen LogP contribution in [0, 0.1) is 0 Å². The molecule has 0 aromatic heterocycles. The molecule has 2 unspecified atom stereocenters. The summed E-state index contributed by atoms with van der Waals surface area (Å²) in [6.45, 7) is 10.6. The monoisotopic (exact) mass is 184 g/mol. The van der Waals surface area contributed by atoms with Crippen LogP contribution >= 0.6 is 0 Å². The zero-order valence-electron chi connectivity index (χ0n) is 8.43. The summed E-state index contributed by atoms with van der Waals surface area (Å²) in [5.41, 5.74) is 0.491. The van der Waals surface area contributed by atoms with E-state index in [0.29, 0.717) is 5.57 Å². The Morgan fingerprint density at radius 2 is 2.38 bits per heavy atom. The summed E-state index contributed by atoms with van der Waals surface area (Å²) in [5.74, 6) is -0.248. The molecule has 13 heavy (non-hydrogen) atoms. The van der Waals surface area contributed by atoms with Crippen LogP contribution in [0.5, 0.6) is 0 Å². The van der Waals surface area contributed by atoms with Gasteiger partial charge in [-0.05, 0) is 13.8 Å². The van der Waals surface area contributed by atoms with Crippen molar-refractivity contribution in [1.29, 1.82) is 0 Å². The molecule has 3 heteroatoms. The number of esters is 1. The summed E-state index contributed by atoms with van der Waals surface area (Å²) in [7, 11) is 0. The highest BCUT2D eigenvalue weighted by atomic mass is 16.5. The van der Waals surface area contributed by atoms with Gasteiger partial charge in [-0.3, -0.25) is 0 Å². The molecule has 0 saturated carbocycles. The molecule has 1 aliphatic rings. The van der Waals surface area contributed by atoms with Crippen LogP contribution in [-0.4, -0.2) is 31.7 Å². The quantitative estimate of drug-likeness (QED) is 0.486. The second-order valence-electron chi connectivity index (χ2n) is 3.65. The summed E-state index contributed by atoms with van der Waals surface area (Å²) in [6, 6.07) is 0. The standard InChI is InChI=1S/C10H17NO2/c1-4-11-6-5-9(7-11)13-10(12)8(2)3/h9H,2,4-7H2,1,3H3/p+1. The Morgan fingerprint density at radius 1 is 1.69 bits per heavy atom. The van der Waals surface area contributed by atoms with Crippen molar-refractivity contribution >= 4 is 5.97 Å². The van der Waals surface area contributed by atoms with E-state index in [0.717, 1.165) is 26.1 Å². The second-order valence-corrected chi connectivity index (χ2v) is 3.65. The van der Waals surface area contributed by atoms with Gasteiger partial charge in [-0.2, -0.15) is 0 Å². The first-order chi connectivity index (χ1) is 6.13. The molecule has 0 bridgehead atoms. The molecule has 0 amide bonds. The maximum atomic E-state index is 11.2. The summed E-state index contributed by atoms with van der Waals surface area (Å²) >= 11 is 0. The Labute approximate surface area is 79.4 Å². The number of ether oxygens (including phenoxy) is 1. The number of hydrogen-bond donors (Lipinski definition) is 1. The van der Waals surface area contributed by atoms with Crippen LogP contribution < -0.4 is 4.90 Å². The molecule has 0 radical (unpaired) electrons. The maximum absolute atomic E-state index is 11.2. The van der Waals surface area contributed by atoms with Crippen LogP contribution in [-0.2, 0) is 9.53 Å². The van der Waals surface area contributed by atoms with E-state index in [1.54, 1.807) is 6.92 Å². The molecule has 1 heterocycles. The van der Waals surface area contributed by atoms with Crippen LogP contribution in [0.4, 0.5) is 0 Å². The molecule has 1 saturated heterocycles. The molecule has 0 aliphatic carbocycles. The summed E-state index contributed by atoms with van der Waals surface area (Å²) in [4.78, 5) is 12.7. The molecular weight excluding hydrogens is 166 g/mol. The number of carbonyl (C=O) groups excluding carboxylic acids is 1. The van der Waals surface area contributed by atoms with Gasteiger partial charge in [-0.25, -0.2) is 4.79 Å². The summed E-state index contributed by atoms with van der Waals surface area (Å²) in [6.07, 6.45) is 1.10. The van der Waals surface area contributed by atoms with Gasteiger partial charge in [-0.15, -0.1) is 0 Å². The maximum Gasteiger partial charge on any atom is 0.333 e. The van der Waals surface area contributed by atoms with Crippen molar-refractivity contribution in [3.8, 4) is 0 Å². The van der Waals surface area contributed by atoms with Crippen molar-refractivity contribution < 1.29 is 14.4 Å². The average molecular weight is 184 g/mol. The fourth-order valence-corrected chi connectivity index (χ4v) is 1.56. The van der Waals surface area contributed by atoms with E-state index in [-0.39, 0.29) is 12.1 Å². The lowest BCUT2D eigenvalue weighted by atomic mass is 10.3. The van der Waals surface area contributed by atoms with Crippen LogP contribution in [0.2, 0.25) is 0 Å². The first kappa shape index (κ1) is 10.3. The van der Waals surface area contributed by atoms with Crippen molar-refractivity contribution in [3.63, 3.8) is 0 Å². The number of hydrogen-bond acceptors (Lipinski definition) is 2. The molecule has 2 atom stereocenters. The molecule has 74 valence electrons. The average Bonchev–Trinajstić information content (AvgIpc) is 2.52. The SMILES string of the molecule is C=C(C)C(=O)OC1CC[NH+](CC)C1. The normalized spacial score (nSPS) is 27.2. The van der Waals surface area contributed by atoms with Crippen LogP contribution in [0.3, 0.4) is 0 Å². The van der Waals surface area contributed by atoms with E-state index in [9.17, 15) is 4.79 Å². The van der Waals surface area contributed by atoms with Gasteiger partial charge in [0.05, 0.1) is 13.1 Å². The Bertz CT molecular complexity index is 213. The lowest BCUT2D eigenvalue weighted by Gasteiger charge is -2.11. The lowest BCUT2D eigenvalue weighted by Crippen LogP contribution is -3.10. The summed E-state index contributed by atoms with van der Waals surface area (Å²) in [5, 5.41) is 0. The smallest absolute Gasteiger partial charge is 0.333 e. The molecule has 1 fully saturated rings. The number of carbonyl (C=O) groups is 1. The third-order valence-electron chi connectivity index (χ3n) is 2.46. The van der Waals surface area contributed by atoms with E-state index in [1.807, 2.05) is 0 Å². The number of rotatable bonds is 3. The summed E-state index contributed by atoms with van der Waals surface area (Å²) < 4.78 is 5.25. The molecule has 1 N–H and O–H groups in total. The predicted molar refractivity (Wildman–Crippen MR) is 50.5 cm³/mol. The van der Waals surface area contributed by atoms with Crippen molar-refractivity contribution in [2.24, 2.45) is 0 Å². The first-order valence-corrected chi connectivity index (χ1v) is 4.83. The van der Waals surface area contributed by atoms with Crippen molar-refractivity contribution in [2.45, 2.75) is 26.4 Å². The second kappa shape index (κ2) is 4.42. The van der Waals surface area contributed by atoms with Gasteiger partial charge in [-0.1, -0.05) is 6.58 Å². The largest absolute Gasteiger partial charge is 0.453 e. The number of quaternary nitrogens is 1. The molecular formula is C10H18NO2+. The van der Waals surface area contributed by atoms with E-state index in [4.69, 9.17) is 4.74 Å². The van der Waals surface area contributed by atoms with Crippen LogP contribution in [0.1, 0.15) is 20.3 Å². The minimum absolute atomic E-state index is 0.110. The topological polar surface area (TPSA) is 30.7 Å². The van der Waals surface area contributed by atoms with Gasteiger partial charge in [0, 0.05) is 12.0 Å². The van der Waals surface area contributed by atoms with E-state index in [1.165, 1.54) is 4.90 Å². The zero-order valence-corrected chi connectivity index (χ0v) is 8.43. The van der Waals surface area contributed by atoms with Gasteiger partial charge in [0.2, 0.25) is 0 Å². The Hall–Kier alpha value is -0.830. The van der Waals surface area contributed by atoms with Gasteiger partial charge in [0.15, 0.2) is 6.10 Å². The number of likely N-dealkylation sites (tertiary alicyclic amines) is 1. The van der Waals surface area contributed by atoms with Gasteiger partial charge in [0.25, 0.3) is 0 Å². The minimum atomic E-state index is -0.248. The van der Waals surface area contributed by atoms with E-state index in [2.05, 4.69) is 13.5 Å². The van der Waals surface area contributed by atoms with E-state index >= 15 is 0 Å². The van der Waals surface area contributed by atoms with Gasteiger partial charge in [0.1, 0.15) is 6.54 Å². The fourth-order valence-electron chi connectivity index (χ4n) is 1.56. The Kier molecular flexibility index (Phi) is 3.48. The van der Waals surface area contributed by atoms with Gasteiger partial charge < -0.3 is 9.64 Å². The minimum Gasteiger partial charge on any atom is -0.453 e. The molecule has 0 spiro atoms. The third kappa shape index (κ3) is 2.84. The predicted octanol–water partition coefficient (Wildman–Crippen LogP) is -0.217. The van der Waals surface area contributed by atoms with Crippen LogP contribution in [0.25, 0.3) is 0 Å². The van der Waals surface area contributed by atoms with Crippen molar-refractivity contribution in [3.05, 3.63) is 12.2 Å². The Balaban J connectivity index is 2.32. The van der Waals surface area contributed by atoms with Gasteiger partial charge >= 0.3 is 5.97 Å². The van der Waals surface area contributed by atoms with Crippen molar-refractivity contribution in [1.82, 2.24) is 0 Å². The first-order valence-electron chi connectivity index (χ1n) is 4.83. The van der Waals surface area contributed by atoms with Crippen LogP contribution in [0.15, 0.2) is 12.2 Å². The Morgan fingerprint density at radius 3 is 2.85 bits per heavy atom. The molecule has 1 rings (SSSR count). The lowest BCUT2D eigenvalue weighted by molar-refractivity contribution is -0.886. The van der Waals surface area contributed by atoms with Crippen molar-refractivity contribution in [2.75, 3.05) is 19.6 Å². The molecule has 0 aromatic rings. The molecule has 1 aliphatic heterocycles. The highest BCUT2D eigenvalue weighted by Gasteiger charge is 2.27.